The van der Waals surface area contributed by atoms with E-state index in [1.54, 1.807) is 12.4 Å². The van der Waals surface area contributed by atoms with Crippen LogP contribution in [0.25, 0.3) is 22.5 Å². The van der Waals surface area contributed by atoms with Gasteiger partial charge in [0.2, 0.25) is 0 Å². The first-order valence-corrected chi connectivity index (χ1v) is 8.31. The standard InChI is InChI=1S/C21H19FN2/c1-13-7-15-3-4-16(9-18(15)8-13)19-6-5-17(10-20(19)22)21-23-11-14(2)12-24-21/h3-6,9-13H,7-8H2,1-2H3. The fourth-order valence-corrected chi connectivity index (χ4v) is 3.44. The molecule has 0 fully saturated rings. The highest BCUT2D eigenvalue weighted by molar-refractivity contribution is 5.69. The predicted octanol–water partition coefficient (Wildman–Crippen LogP) is 4.99. The van der Waals surface area contributed by atoms with Crippen molar-refractivity contribution < 1.29 is 4.39 Å². The normalized spacial score (nSPS) is 16.2. The Labute approximate surface area is 141 Å². The van der Waals surface area contributed by atoms with Crippen molar-refractivity contribution in [2.24, 2.45) is 5.92 Å². The van der Waals surface area contributed by atoms with Gasteiger partial charge in [-0.05, 0) is 54.0 Å². The number of nitrogens with zero attached hydrogens (tertiary/aromatic N) is 2. The van der Waals surface area contributed by atoms with Crippen molar-refractivity contribution in [3.8, 4) is 22.5 Å². The average Bonchev–Trinajstić information content (AvgIpc) is 2.94. The van der Waals surface area contributed by atoms with Gasteiger partial charge < -0.3 is 0 Å². The Bertz CT molecular complexity index is 900. The van der Waals surface area contributed by atoms with Gasteiger partial charge in [0.05, 0.1) is 0 Å². The minimum absolute atomic E-state index is 0.234. The molecule has 0 radical (unpaired) electrons. The van der Waals surface area contributed by atoms with Gasteiger partial charge in [0.1, 0.15) is 5.82 Å². The van der Waals surface area contributed by atoms with E-state index in [1.165, 1.54) is 17.2 Å². The lowest BCUT2D eigenvalue weighted by atomic mass is 9.99. The van der Waals surface area contributed by atoms with E-state index >= 15 is 0 Å². The number of hydrogen-bond acceptors (Lipinski definition) is 2. The molecule has 0 saturated carbocycles. The second-order valence-electron chi connectivity index (χ2n) is 6.78. The summed E-state index contributed by atoms with van der Waals surface area (Å²) in [4.78, 5) is 8.54. The molecule has 1 heterocycles. The van der Waals surface area contributed by atoms with Crippen molar-refractivity contribution in [1.29, 1.82) is 0 Å². The van der Waals surface area contributed by atoms with Gasteiger partial charge in [0.25, 0.3) is 0 Å². The van der Waals surface area contributed by atoms with Gasteiger partial charge in [-0.1, -0.05) is 37.3 Å². The van der Waals surface area contributed by atoms with Crippen LogP contribution in [-0.2, 0) is 12.8 Å². The van der Waals surface area contributed by atoms with Gasteiger partial charge in [-0.3, -0.25) is 0 Å². The molecule has 0 aliphatic heterocycles. The Morgan fingerprint density at radius 2 is 1.62 bits per heavy atom. The number of aromatic nitrogens is 2. The Kier molecular flexibility index (Phi) is 3.64. The summed E-state index contributed by atoms with van der Waals surface area (Å²) >= 11 is 0. The van der Waals surface area contributed by atoms with Crippen LogP contribution >= 0.6 is 0 Å². The number of aryl methyl sites for hydroxylation is 1. The van der Waals surface area contributed by atoms with Crippen LogP contribution in [0.3, 0.4) is 0 Å². The zero-order valence-electron chi connectivity index (χ0n) is 13.9. The lowest BCUT2D eigenvalue weighted by molar-refractivity contribution is 0.627. The number of fused-ring (bicyclic) bond motifs is 1. The molecule has 1 aromatic heterocycles. The van der Waals surface area contributed by atoms with E-state index < -0.39 is 0 Å². The van der Waals surface area contributed by atoms with Crippen molar-refractivity contribution in [1.82, 2.24) is 9.97 Å². The van der Waals surface area contributed by atoms with Gasteiger partial charge in [-0.15, -0.1) is 0 Å². The molecule has 1 unspecified atom stereocenters. The summed E-state index contributed by atoms with van der Waals surface area (Å²) in [5, 5.41) is 0. The maximum absolute atomic E-state index is 14.7. The van der Waals surface area contributed by atoms with E-state index in [0.717, 1.165) is 24.0 Å². The van der Waals surface area contributed by atoms with Crippen molar-refractivity contribution in [2.45, 2.75) is 26.7 Å². The van der Waals surface area contributed by atoms with Crippen LogP contribution in [0, 0.1) is 18.7 Å². The third-order valence-electron chi connectivity index (χ3n) is 4.66. The topological polar surface area (TPSA) is 25.8 Å². The lowest BCUT2D eigenvalue weighted by Crippen LogP contribution is -1.92. The van der Waals surface area contributed by atoms with Crippen LogP contribution < -0.4 is 0 Å². The number of hydrogen-bond donors (Lipinski definition) is 0. The van der Waals surface area contributed by atoms with Crippen molar-refractivity contribution in [3.63, 3.8) is 0 Å². The zero-order chi connectivity index (χ0) is 16.7. The van der Waals surface area contributed by atoms with Gasteiger partial charge >= 0.3 is 0 Å². The first-order valence-electron chi connectivity index (χ1n) is 8.31. The first kappa shape index (κ1) is 15.0. The number of rotatable bonds is 2. The fourth-order valence-electron chi connectivity index (χ4n) is 3.44. The lowest BCUT2D eigenvalue weighted by Gasteiger charge is -2.08. The van der Waals surface area contributed by atoms with Crippen LogP contribution in [0.2, 0.25) is 0 Å². The van der Waals surface area contributed by atoms with Gasteiger partial charge in [0, 0.05) is 23.5 Å². The summed E-state index contributed by atoms with van der Waals surface area (Å²) in [6.45, 7) is 4.19. The maximum Gasteiger partial charge on any atom is 0.159 e. The molecule has 4 rings (SSSR count). The van der Waals surface area contributed by atoms with Gasteiger partial charge in [0.15, 0.2) is 5.82 Å². The minimum atomic E-state index is -0.234. The highest BCUT2D eigenvalue weighted by Gasteiger charge is 2.18. The molecule has 2 aromatic carbocycles. The van der Waals surface area contributed by atoms with Crippen molar-refractivity contribution in [2.75, 3.05) is 0 Å². The molecule has 1 aliphatic rings. The summed E-state index contributed by atoms with van der Waals surface area (Å²) in [7, 11) is 0. The Balaban J connectivity index is 1.70. The van der Waals surface area contributed by atoms with E-state index in [0.29, 0.717) is 22.9 Å². The molecule has 0 bridgehead atoms. The molecule has 3 aromatic rings. The molecule has 0 spiro atoms. The van der Waals surface area contributed by atoms with E-state index in [1.807, 2.05) is 25.1 Å². The first-order chi connectivity index (χ1) is 11.6. The number of halogens is 1. The van der Waals surface area contributed by atoms with Crippen LogP contribution in [-0.4, -0.2) is 9.97 Å². The Morgan fingerprint density at radius 3 is 2.38 bits per heavy atom. The molecule has 1 atom stereocenters. The summed E-state index contributed by atoms with van der Waals surface area (Å²) < 4.78 is 14.7. The summed E-state index contributed by atoms with van der Waals surface area (Å²) in [6, 6.07) is 11.5. The molecular formula is C21H19FN2. The quantitative estimate of drug-likeness (QED) is 0.665. The fraction of sp³-hybridized carbons (Fsp3) is 0.238. The minimum Gasteiger partial charge on any atom is -0.236 e. The van der Waals surface area contributed by atoms with Crippen molar-refractivity contribution in [3.05, 3.63) is 71.3 Å². The summed E-state index contributed by atoms with van der Waals surface area (Å²) in [5.41, 5.74) is 6.01. The monoisotopic (exact) mass is 318 g/mol. The Morgan fingerprint density at radius 1 is 0.917 bits per heavy atom. The molecule has 1 aliphatic carbocycles. The second-order valence-corrected chi connectivity index (χ2v) is 6.78. The SMILES string of the molecule is Cc1cnc(-c2ccc(-c3ccc4c(c3)CC(C)C4)c(F)c2)nc1. The van der Waals surface area contributed by atoms with Crippen LogP contribution in [0.1, 0.15) is 23.6 Å². The molecule has 24 heavy (non-hydrogen) atoms. The number of benzene rings is 2. The van der Waals surface area contributed by atoms with Gasteiger partial charge in [-0.25, -0.2) is 14.4 Å². The summed E-state index contributed by atoms with van der Waals surface area (Å²) in [6.07, 6.45) is 5.70. The molecule has 3 heteroatoms. The molecule has 120 valence electrons. The van der Waals surface area contributed by atoms with E-state index in [2.05, 4.69) is 29.0 Å². The van der Waals surface area contributed by atoms with Crippen LogP contribution in [0.4, 0.5) is 4.39 Å². The van der Waals surface area contributed by atoms with E-state index in [-0.39, 0.29) is 5.82 Å². The van der Waals surface area contributed by atoms with E-state index in [9.17, 15) is 4.39 Å². The van der Waals surface area contributed by atoms with Gasteiger partial charge in [-0.2, -0.15) is 0 Å². The molecule has 0 amide bonds. The molecular weight excluding hydrogens is 299 g/mol. The molecule has 2 nitrogen and oxygen atoms in total. The van der Waals surface area contributed by atoms with Crippen LogP contribution in [0.5, 0.6) is 0 Å². The second kappa shape index (κ2) is 5.82. The maximum atomic E-state index is 14.7. The smallest absolute Gasteiger partial charge is 0.159 e. The molecule has 0 N–H and O–H groups in total. The third kappa shape index (κ3) is 2.71. The van der Waals surface area contributed by atoms with E-state index in [4.69, 9.17) is 0 Å². The van der Waals surface area contributed by atoms with Crippen LogP contribution in [0.15, 0.2) is 48.8 Å². The predicted molar refractivity (Wildman–Crippen MR) is 94.2 cm³/mol. The Hall–Kier alpha value is -2.55. The van der Waals surface area contributed by atoms with Crippen molar-refractivity contribution >= 4 is 0 Å². The molecule has 0 saturated heterocycles. The summed E-state index contributed by atoms with van der Waals surface area (Å²) in [5.74, 6) is 0.998. The highest BCUT2D eigenvalue weighted by atomic mass is 19.1. The third-order valence-corrected chi connectivity index (χ3v) is 4.66. The largest absolute Gasteiger partial charge is 0.236 e. The highest BCUT2D eigenvalue weighted by Crippen LogP contribution is 2.32. The average molecular weight is 318 g/mol. The zero-order valence-corrected chi connectivity index (χ0v) is 13.9.